The van der Waals surface area contributed by atoms with Gasteiger partial charge in [-0.3, -0.25) is 9.48 Å². The third-order valence-corrected chi connectivity index (χ3v) is 2.84. The van der Waals surface area contributed by atoms with Crippen LogP contribution in [0.4, 0.5) is 5.69 Å². The van der Waals surface area contributed by atoms with E-state index in [1.165, 1.54) is 12.5 Å². The number of anilines is 1. The van der Waals surface area contributed by atoms with Crippen molar-refractivity contribution in [3.05, 3.63) is 35.5 Å². The maximum Gasteiger partial charge on any atom is 0.259 e. The molecule has 0 saturated heterocycles. The molecule has 2 heterocycles. The summed E-state index contributed by atoms with van der Waals surface area (Å²) in [4.78, 5) is 11.9. The second kappa shape index (κ2) is 5.08. The molecule has 18 heavy (non-hydrogen) atoms. The summed E-state index contributed by atoms with van der Waals surface area (Å²) in [6, 6.07) is 1.64. The molecule has 0 fully saturated rings. The van der Waals surface area contributed by atoms with Crippen LogP contribution in [-0.2, 0) is 6.54 Å². The minimum absolute atomic E-state index is 0.175. The van der Waals surface area contributed by atoms with Gasteiger partial charge in [0.15, 0.2) is 0 Å². The van der Waals surface area contributed by atoms with E-state index in [1.807, 2.05) is 18.5 Å². The second-order valence-corrected chi connectivity index (χ2v) is 4.24. The fraction of sp³-hybridized carbons (Fsp3) is 0.385. The van der Waals surface area contributed by atoms with Crippen molar-refractivity contribution in [3.63, 3.8) is 0 Å². The predicted molar refractivity (Wildman–Crippen MR) is 68.7 cm³/mol. The number of amides is 1. The summed E-state index contributed by atoms with van der Waals surface area (Å²) < 4.78 is 6.81. The van der Waals surface area contributed by atoms with Gasteiger partial charge in [0.25, 0.3) is 5.91 Å². The molecule has 1 N–H and O–H groups in total. The first kappa shape index (κ1) is 12.4. The summed E-state index contributed by atoms with van der Waals surface area (Å²) in [6.45, 7) is 6.80. The Bertz CT molecular complexity index is 541. The number of hydrogen-bond donors (Lipinski definition) is 1. The zero-order chi connectivity index (χ0) is 13.1. The molecule has 0 bridgehead atoms. The highest BCUT2D eigenvalue weighted by Gasteiger charge is 2.15. The summed E-state index contributed by atoms with van der Waals surface area (Å²) in [5.74, 6) is -0.175. The molecule has 1 amide bonds. The molecule has 2 aromatic heterocycles. The monoisotopic (exact) mass is 247 g/mol. The van der Waals surface area contributed by atoms with Crippen LogP contribution in [0.1, 0.15) is 35.1 Å². The molecule has 0 aliphatic rings. The minimum Gasteiger partial charge on any atom is -0.472 e. The van der Waals surface area contributed by atoms with Crippen molar-refractivity contribution in [2.75, 3.05) is 5.32 Å². The van der Waals surface area contributed by atoms with E-state index in [0.29, 0.717) is 5.56 Å². The summed E-state index contributed by atoms with van der Waals surface area (Å²) in [5, 5.41) is 7.29. The number of nitrogens with zero attached hydrogens (tertiary/aromatic N) is 2. The summed E-state index contributed by atoms with van der Waals surface area (Å²) in [6.07, 6.45) is 3.92. The normalized spacial score (nSPS) is 10.6. The fourth-order valence-electron chi connectivity index (χ4n) is 1.89. The van der Waals surface area contributed by atoms with Crippen molar-refractivity contribution in [3.8, 4) is 0 Å². The highest BCUT2D eigenvalue weighted by Crippen LogP contribution is 2.20. The van der Waals surface area contributed by atoms with Crippen LogP contribution >= 0.6 is 0 Å². The maximum absolute atomic E-state index is 11.9. The number of furan rings is 1. The number of carbonyl (C=O) groups is 1. The molecular formula is C13H17N3O2. The van der Waals surface area contributed by atoms with Crippen molar-refractivity contribution >= 4 is 11.6 Å². The Morgan fingerprint density at radius 1 is 1.50 bits per heavy atom. The lowest BCUT2D eigenvalue weighted by Crippen LogP contribution is -2.12. The Kier molecular flexibility index (Phi) is 3.50. The lowest BCUT2D eigenvalue weighted by molar-refractivity contribution is 0.102. The predicted octanol–water partition coefficient (Wildman–Crippen LogP) is 2.76. The number of hydrogen-bond acceptors (Lipinski definition) is 3. The van der Waals surface area contributed by atoms with Gasteiger partial charge in [0.1, 0.15) is 6.26 Å². The van der Waals surface area contributed by atoms with Gasteiger partial charge in [0, 0.05) is 6.54 Å². The van der Waals surface area contributed by atoms with E-state index in [1.54, 1.807) is 6.07 Å². The molecule has 0 unspecified atom stereocenters. The van der Waals surface area contributed by atoms with Crippen LogP contribution in [-0.4, -0.2) is 15.7 Å². The van der Waals surface area contributed by atoms with E-state index in [-0.39, 0.29) is 5.91 Å². The third kappa shape index (κ3) is 2.30. The van der Waals surface area contributed by atoms with Gasteiger partial charge in [-0.15, -0.1) is 0 Å². The molecule has 0 aliphatic heterocycles. The van der Waals surface area contributed by atoms with Gasteiger partial charge >= 0.3 is 0 Å². The fourth-order valence-corrected chi connectivity index (χ4v) is 1.89. The maximum atomic E-state index is 11.9. The van der Waals surface area contributed by atoms with Crippen LogP contribution in [0.5, 0.6) is 0 Å². The van der Waals surface area contributed by atoms with Gasteiger partial charge < -0.3 is 9.73 Å². The zero-order valence-electron chi connectivity index (χ0n) is 10.9. The number of nitrogens with one attached hydrogen (secondary N) is 1. The molecular weight excluding hydrogens is 230 g/mol. The molecule has 0 aromatic carbocycles. The highest BCUT2D eigenvalue weighted by atomic mass is 16.3. The first-order chi connectivity index (χ1) is 8.63. The van der Waals surface area contributed by atoms with Gasteiger partial charge in [-0.25, -0.2) is 0 Å². The SMILES string of the molecule is CCCn1nc(C)c(NC(=O)c2ccoc2)c1C. The number of carbonyl (C=O) groups excluding carboxylic acids is 1. The standard InChI is InChI=1S/C13H17N3O2/c1-4-6-16-10(3)12(9(2)15-16)14-13(17)11-5-7-18-8-11/h5,7-8H,4,6H2,1-3H3,(H,14,17). The summed E-state index contributed by atoms with van der Waals surface area (Å²) in [5.41, 5.74) is 3.11. The molecule has 2 aromatic rings. The molecule has 0 atom stereocenters. The van der Waals surface area contributed by atoms with Crippen molar-refractivity contribution < 1.29 is 9.21 Å². The molecule has 0 spiro atoms. The van der Waals surface area contributed by atoms with E-state index in [4.69, 9.17) is 4.42 Å². The van der Waals surface area contributed by atoms with Crippen molar-refractivity contribution in [1.29, 1.82) is 0 Å². The highest BCUT2D eigenvalue weighted by molar-refractivity contribution is 6.04. The van der Waals surface area contributed by atoms with Crippen LogP contribution in [0, 0.1) is 13.8 Å². The Hall–Kier alpha value is -2.04. The van der Waals surface area contributed by atoms with E-state index in [2.05, 4.69) is 17.3 Å². The molecule has 5 nitrogen and oxygen atoms in total. The number of rotatable bonds is 4. The van der Waals surface area contributed by atoms with Gasteiger partial charge in [-0.2, -0.15) is 5.10 Å². The van der Waals surface area contributed by atoms with E-state index >= 15 is 0 Å². The third-order valence-electron chi connectivity index (χ3n) is 2.84. The average Bonchev–Trinajstić information content (AvgIpc) is 2.94. The Morgan fingerprint density at radius 3 is 2.89 bits per heavy atom. The van der Waals surface area contributed by atoms with E-state index in [9.17, 15) is 4.79 Å². The van der Waals surface area contributed by atoms with Crippen molar-refractivity contribution in [2.24, 2.45) is 0 Å². The quantitative estimate of drug-likeness (QED) is 0.903. The Balaban J connectivity index is 2.21. The van der Waals surface area contributed by atoms with Crippen molar-refractivity contribution in [1.82, 2.24) is 9.78 Å². The van der Waals surface area contributed by atoms with Crippen molar-refractivity contribution in [2.45, 2.75) is 33.7 Å². The lowest BCUT2D eigenvalue weighted by Gasteiger charge is -2.05. The first-order valence-electron chi connectivity index (χ1n) is 6.01. The molecule has 0 aliphatic carbocycles. The topological polar surface area (TPSA) is 60.1 Å². The average molecular weight is 247 g/mol. The molecule has 0 radical (unpaired) electrons. The summed E-state index contributed by atoms with van der Waals surface area (Å²) in [7, 11) is 0. The van der Waals surface area contributed by atoms with Crippen LogP contribution in [0.2, 0.25) is 0 Å². The van der Waals surface area contributed by atoms with E-state index < -0.39 is 0 Å². The molecule has 0 saturated carbocycles. The minimum atomic E-state index is -0.175. The molecule has 96 valence electrons. The van der Waals surface area contributed by atoms with E-state index in [0.717, 1.165) is 30.0 Å². The first-order valence-corrected chi connectivity index (χ1v) is 6.01. The smallest absolute Gasteiger partial charge is 0.259 e. The second-order valence-electron chi connectivity index (χ2n) is 4.24. The van der Waals surface area contributed by atoms with Crippen LogP contribution < -0.4 is 5.32 Å². The van der Waals surface area contributed by atoms with Crippen LogP contribution in [0.25, 0.3) is 0 Å². The Morgan fingerprint density at radius 2 is 2.28 bits per heavy atom. The largest absolute Gasteiger partial charge is 0.472 e. The van der Waals surface area contributed by atoms with Gasteiger partial charge in [0.2, 0.25) is 0 Å². The number of aryl methyl sites for hydroxylation is 2. The molecule has 2 rings (SSSR count). The zero-order valence-corrected chi connectivity index (χ0v) is 10.9. The van der Waals surface area contributed by atoms with Gasteiger partial charge in [-0.1, -0.05) is 6.92 Å². The summed E-state index contributed by atoms with van der Waals surface area (Å²) >= 11 is 0. The number of aromatic nitrogens is 2. The van der Waals surface area contributed by atoms with Gasteiger partial charge in [0.05, 0.1) is 28.9 Å². The van der Waals surface area contributed by atoms with Crippen LogP contribution in [0.3, 0.4) is 0 Å². The lowest BCUT2D eigenvalue weighted by atomic mass is 10.2. The van der Waals surface area contributed by atoms with Crippen LogP contribution in [0.15, 0.2) is 23.0 Å². The molecule has 5 heteroatoms. The Labute approximate surface area is 106 Å². The van der Waals surface area contributed by atoms with Gasteiger partial charge in [-0.05, 0) is 26.3 Å².